The van der Waals surface area contributed by atoms with Gasteiger partial charge >= 0.3 is 0 Å². The number of nitrogens with one attached hydrogen (secondary N) is 1. The molecule has 1 saturated heterocycles. The lowest BCUT2D eigenvalue weighted by molar-refractivity contribution is -0.115. The summed E-state index contributed by atoms with van der Waals surface area (Å²) in [6.07, 6.45) is 1.65. The van der Waals surface area contributed by atoms with E-state index in [2.05, 4.69) is 10.4 Å². The molecule has 0 bridgehead atoms. The molecule has 1 aliphatic rings. The number of nitrogens with zero attached hydrogens (tertiary/aromatic N) is 2. The Kier molecular flexibility index (Phi) is 4.70. The predicted molar refractivity (Wildman–Crippen MR) is 107 cm³/mol. The summed E-state index contributed by atoms with van der Waals surface area (Å²) in [6.45, 7) is 0.210. The first-order chi connectivity index (χ1) is 13.5. The normalized spacial score (nSPS) is 15.2. The minimum absolute atomic E-state index is 0.149. The lowest BCUT2D eigenvalue weighted by Crippen LogP contribution is -2.22. The van der Waals surface area contributed by atoms with Crippen LogP contribution in [0.1, 0.15) is 11.3 Å². The molecule has 28 heavy (non-hydrogen) atoms. The molecular formula is C20H15N3O4S. The van der Waals surface area contributed by atoms with Gasteiger partial charge in [0.05, 0.1) is 10.3 Å². The summed E-state index contributed by atoms with van der Waals surface area (Å²) in [7, 11) is 1.61. The molecule has 2 heterocycles. The van der Waals surface area contributed by atoms with Gasteiger partial charge in [-0.15, -0.1) is 0 Å². The molecule has 1 aromatic heterocycles. The molecule has 0 spiro atoms. The number of thioether (sulfide) groups is 1. The number of benzene rings is 2. The average molecular weight is 393 g/mol. The van der Waals surface area contributed by atoms with Crippen LogP contribution >= 0.6 is 11.8 Å². The maximum Gasteiger partial charge on any atom is 0.290 e. The monoisotopic (exact) mass is 393 g/mol. The van der Waals surface area contributed by atoms with Gasteiger partial charge in [0.25, 0.3) is 16.7 Å². The standard InChI is InChI=1S/C20H15N3O4S/c1-23-19(25)15-5-3-2-4-14(15)16(22-23)11-27-13-8-6-12(7-9-13)10-17-18(24)21-20(26)28-17/h2-10H,11H2,1H3,(H,21,24,26)/b17-10-. The third-order valence-electron chi connectivity index (χ3n) is 4.23. The molecule has 1 N–H and O–H groups in total. The van der Waals surface area contributed by atoms with E-state index in [1.54, 1.807) is 43.5 Å². The number of imide groups is 1. The molecule has 7 nitrogen and oxygen atoms in total. The van der Waals surface area contributed by atoms with Crippen LogP contribution in [0.15, 0.2) is 58.2 Å². The molecule has 0 radical (unpaired) electrons. The summed E-state index contributed by atoms with van der Waals surface area (Å²) in [5.74, 6) is 0.240. The SMILES string of the molecule is Cn1nc(COc2ccc(/C=C3\SC(=O)NC3=O)cc2)c2ccccc2c1=O. The summed E-state index contributed by atoms with van der Waals surface area (Å²) in [5.41, 5.74) is 1.30. The van der Waals surface area contributed by atoms with Crippen LogP contribution in [0.25, 0.3) is 16.8 Å². The zero-order valence-corrected chi connectivity index (χ0v) is 15.7. The van der Waals surface area contributed by atoms with E-state index >= 15 is 0 Å². The molecule has 8 heteroatoms. The fourth-order valence-electron chi connectivity index (χ4n) is 2.87. The fourth-order valence-corrected chi connectivity index (χ4v) is 3.55. The van der Waals surface area contributed by atoms with Crippen LogP contribution < -0.4 is 15.6 Å². The van der Waals surface area contributed by atoms with E-state index in [1.165, 1.54) is 4.68 Å². The van der Waals surface area contributed by atoms with E-state index < -0.39 is 0 Å². The number of carbonyl (C=O) groups is 2. The minimum Gasteiger partial charge on any atom is -0.487 e. The molecule has 1 aliphatic heterocycles. The molecule has 0 atom stereocenters. The maximum absolute atomic E-state index is 12.2. The van der Waals surface area contributed by atoms with E-state index in [1.807, 2.05) is 18.2 Å². The molecule has 0 aliphatic carbocycles. The van der Waals surface area contributed by atoms with E-state index in [0.29, 0.717) is 21.7 Å². The highest BCUT2D eigenvalue weighted by atomic mass is 32.2. The Labute approximate surface area is 164 Å². The van der Waals surface area contributed by atoms with Gasteiger partial charge in [0.15, 0.2) is 0 Å². The zero-order chi connectivity index (χ0) is 19.7. The number of hydrogen-bond donors (Lipinski definition) is 1. The number of aryl methyl sites for hydroxylation is 1. The van der Waals surface area contributed by atoms with Crippen molar-refractivity contribution in [1.29, 1.82) is 0 Å². The van der Waals surface area contributed by atoms with E-state index in [4.69, 9.17) is 4.74 Å². The van der Waals surface area contributed by atoms with Crippen molar-refractivity contribution in [3.63, 3.8) is 0 Å². The summed E-state index contributed by atoms with van der Waals surface area (Å²) < 4.78 is 7.13. The van der Waals surface area contributed by atoms with E-state index in [9.17, 15) is 14.4 Å². The Morgan fingerprint density at radius 1 is 1.07 bits per heavy atom. The number of hydrogen-bond acceptors (Lipinski definition) is 6. The molecular weight excluding hydrogens is 378 g/mol. The summed E-state index contributed by atoms with van der Waals surface area (Å²) in [6, 6.07) is 14.4. The fraction of sp³-hybridized carbons (Fsp3) is 0.100. The third-order valence-corrected chi connectivity index (χ3v) is 5.04. The highest BCUT2D eigenvalue weighted by Gasteiger charge is 2.24. The van der Waals surface area contributed by atoms with Gasteiger partial charge in [-0.1, -0.05) is 30.3 Å². The van der Waals surface area contributed by atoms with Crippen molar-refractivity contribution in [1.82, 2.24) is 15.1 Å². The Morgan fingerprint density at radius 3 is 2.46 bits per heavy atom. The number of fused-ring (bicyclic) bond motifs is 1. The molecule has 2 aromatic carbocycles. The number of ether oxygens (including phenoxy) is 1. The van der Waals surface area contributed by atoms with Gasteiger partial charge < -0.3 is 4.74 Å². The quantitative estimate of drug-likeness (QED) is 0.686. The Bertz CT molecular complexity index is 1180. The summed E-state index contributed by atoms with van der Waals surface area (Å²) >= 11 is 0.878. The number of carbonyl (C=O) groups excluding carboxylic acids is 2. The van der Waals surface area contributed by atoms with Gasteiger partial charge in [0.1, 0.15) is 18.1 Å². The highest BCUT2D eigenvalue weighted by molar-refractivity contribution is 8.18. The number of aromatic nitrogens is 2. The Morgan fingerprint density at radius 2 is 1.79 bits per heavy atom. The van der Waals surface area contributed by atoms with Crippen LogP contribution in [0.4, 0.5) is 4.79 Å². The third kappa shape index (κ3) is 3.54. The molecule has 140 valence electrons. The lowest BCUT2D eigenvalue weighted by Gasteiger charge is -2.10. The van der Waals surface area contributed by atoms with Gasteiger partial charge in [0.2, 0.25) is 0 Å². The first-order valence-corrected chi connectivity index (χ1v) is 9.25. The molecule has 1 fully saturated rings. The topological polar surface area (TPSA) is 90.3 Å². The van der Waals surface area contributed by atoms with Crippen molar-refractivity contribution < 1.29 is 14.3 Å². The van der Waals surface area contributed by atoms with Crippen molar-refractivity contribution in [2.45, 2.75) is 6.61 Å². The minimum atomic E-state index is -0.386. The van der Waals surface area contributed by atoms with Crippen LogP contribution in [0, 0.1) is 0 Å². The smallest absolute Gasteiger partial charge is 0.290 e. The van der Waals surface area contributed by atoms with Crippen molar-refractivity contribution >= 4 is 39.8 Å². The van der Waals surface area contributed by atoms with Crippen molar-refractivity contribution in [3.8, 4) is 5.75 Å². The Hall–Kier alpha value is -3.39. The van der Waals surface area contributed by atoms with Crippen LogP contribution in [-0.2, 0) is 18.4 Å². The van der Waals surface area contributed by atoms with Gasteiger partial charge in [-0.05, 0) is 41.6 Å². The second-order valence-electron chi connectivity index (χ2n) is 6.13. The van der Waals surface area contributed by atoms with Crippen LogP contribution in [-0.4, -0.2) is 20.9 Å². The largest absolute Gasteiger partial charge is 0.487 e. The van der Waals surface area contributed by atoms with Gasteiger partial charge in [-0.3, -0.25) is 19.7 Å². The first-order valence-electron chi connectivity index (χ1n) is 8.44. The van der Waals surface area contributed by atoms with Crippen LogP contribution in [0.2, 0.25) is 0 Å². The second kappa shape index (κ2) is 7.32. The molecule has 3 aromatic rings. The van der Waals surface area contributed by atoms with Gasteiger partial charge in [0, 0.05) is 12.4 Å². The Balaban J connectivity index is 1.52. The second-order valence-corrected chi connectivity index (χ2v) is 7.15. The van der Waals surface area contributed by atoms with Crippen molar-refractivity contribution in [2.75, 3.05) is 0 Å². The summed E-state index contributed by atoms with van der Waals surface area (Å²) in [5, 5.41) is 7.53. The van der Waals surface area contributed by atoms with Gasteiger partial charge in [-0.25, -0.2) is 4.68 Å². The maximum atomic E-state index is 12.2. The van der Waals surface area contributed by atoms with Crippen molar-refractivity contribution in [3.05, 3.63) is 75.0 Å². The number of amides is 2. The van der Waals surface area contributed by atoms with Crippen LogP contribution in [0.3, 0.4) is 0 Å². The van der Waals surface area contributed by atoms with Crippen molar-refractivity contribution in [2.24, 2.45) is 7.05 Å². The lowest BCUT2D eigenvalue weighted by atomic mass is 10.1. The zero-order valence-electron chi connectivity index (χ0n) is 14.8. The molecule has 2 amide bonds. The number of rotatable bonds is 4. The van der Waals surface area contributed by atoms with E-state index in [0.717, 1.165) is 22.7 Å². The predicted octanol–water partition coefficient (Wildman–Crippen LogP) is 2.84. The first kappa shape index (κ1) is 18.0. The van der Waals surface area contributed by atoms with Gasteiger partial charge in [-0.2, -0.15) is 5.10 Å². The average Bonchev–Trinajstić information content (AvgIpc) is 3.01. The molecule has 4 rings (SSSR count). The summed E-state index contributed by atoms with van der Waals surface area (Å²) in [4.78, 5) is 35.3. The highest BCUT2D eigenvalue weighted by Crippen LogP contribution is 2.26. The van der Waals surface area contributed by atoms with Crippen LogP contribution in [0.5, 0.6) is 5.75 Å². The molecule has 0 saturated carbocycles. The molecule has 0 unspecified atom stereocenters. The van der Waals surface area contributed by atoms with E-state index in [-0.39, 0.29) is 23.3 Å².